The number of Topliss-reactive ketones (excluding diaryl/α,β-unsaturated/α-hetero) is 1. The van der Waals surface area contributed by atoms with Crippen molar-refractivity contribution in [3.63, 3.8) is 0 Å². The number of anilines is 1. The van der Waals surface area contributed by atoms with Crippen LogP contribution < -0.4 is 10.7 Å². The van der Waals surface area contributed by atoms with Gasteiger partial charge in [0.15, 0.2) is 5.78 Å². The number of nitriles is 1. The van der Waals surface area contributed by atoms with Crippen LogP contribution in [0.3, 0.4) is 0 Å². The van der Waals surface area contributed by atoms with E-state index in [1.165, 1.54) is 11.9 Å². The topological polar surface area (TPSA) is 82.5 Å². The van der Waals surface area contributed by atoms with Crippen molar-refractivity contribution in [3.05, 3.63) is 77.6 Å². The second kappa shape index (κ2) is 6.39. The number of allylic oxidation sites excluding steroid dienone is 1. The second-order valence-electron chi connectivity index (χ2n) is 5.44. The van der Waals surface area contributed by atoms with Crippen molar-refractivity contribution < 1.29 is 4.79 Å². The first-order chi connectivity index (χ1) is 11.6. The van der Waals surface area contributed by atoms with Crippen molar-refractivity contribution in [2.75, 3.05) is 5.01 Å². The first-order valence-corrected chi connectivity index (χ1v) is 7.52. The minimum Gasteiger partial charge on any atom is -0.383 e. The highest BCUT2D eigenvalue weighted by Crippen LogP contribution is 2.34. The fraction of sp³-hybridized carbons (Fsp3) is 0.105. The molecular weight excluding hydrogens is 300 g/mol. The number of rotatable bonds is 3. The number of hydrazone groups is 1. The predicted octanol–water partition coefficient (Wildman–Crippen LogP) is 2.93. The van der Waals surface area contributed by atoms with Gasteiger partial charge >= 0.3 is 0 Å². The highest BCUT2D eigenvalue weighted by molar-refractivity contribution is 6.42. The summed E-state index contributed by atoms with van der Waals surface area (Å²) < 4.78 is 0. The van der Waals surface area contributed by atoms with Crippen molar-refractivity contribution in [3.8, 4) is 6.07 Å². The van der Waals surface area contributed by atoms with Crippen molar-refractivity contribution >= 4 is 17.2 Å². The van der Waals surface area contributed by atoms with Gasteiger partial charge in [0, 0.05) is 6.92 Å². The number of hydrogen-bond acceptors (Lipinski definition) is 5. The van der Waals surface area contributed by atoms with Gasteiger partial charge in [0.1, 0.15) is 11.5 Å². The zero-order valence-corrected chi connectivity index (χ0v) is 13.2. The molecule has 0 spiro atoms. The normalized spacial score (nSPS) is 17.2. The molecule has 2 aromatic carbocycles. The molecule has 0 aromatic heterocycles. The van der Waals surface area contributed by atoms with Crippen LogP contribution in [0.5, 0.6) is 0 Å². The molecule has 1 aliphatic rings. The second-order valence-corrected chi connectivity index (χ2v) is 5.44. The molecule has 0 unspecified atom stereocenters. The molecule has 1 atom stereocenters. The minimum absolute atomic E-state index is 0.190. The lowest BCUT2D eigenvalue weighted by Crippen LogP contribution is -2.36. The van der Waals surface area contributed by atoms with Gasteiger partial charge in [-0.2, -0.15) is 10.4 Å². The van der Waals surface area contributed by atoms with Crippen LogP contribution in [0.2, 0.25) is 0 Å². The Morgan fingerprint density at radius 1 is 1.12 bits per heavy atom. The molecule has 0 bridgehead atoms. The summed E-state index contributed by atoms with van der Waals surface area (Å²) in [7, 11) is 0. The van der Waals surface area contributed by atoms with E-state index in [9.17, 15) is 10.1 Å². The van der Waals surface area contributed by atoms with Crippen LogP contribution in [0.25, 0.3) is 0 Å². The smallest absolute Gasteiger partial charge is 0.176 e. The zero-order valence-electron chi connectivity index (χ0n) is 13.2. The van der Waals surface area contributed by atoms with E-state index in [0.717, 1.165) is 5.56 Å². The maximum atomic E-state index is 12.2. The fourth-order valence-corrected chi connectivity index (χ4v) is 2.75. The minimum atomic E-state index is -0.548. The highest BCUT2D eigenvalue weighted by atomic mass is 16.1. The molecule has 5 nitrogen and oxygen atoms in total. The standard InChI is InChI=1S/C19H16N4O/c1-13(24)18-17(14-8-4-2-5-9-14)16(12-20)19(21)23(22-18)15-10-6-3-7-11-15/h2-11,17H,21H2,1H3/t17-/m0/s1. The van der Waals surface area contributed by atoms with E-state index in [1.807, 2.05) is 60.7 Å². The maximum absolute atomic E-state index is 12.2. The molecular formula is C19H16N4O. The van der Waals surface area contributed by atoms with E-state index in [-0.39, 0.29) is 11.6 Å². The molecule has 0 saturated carbocycles. The Kier molecular flexibility index (Phi) is 4.13. The fourth-order valence-electron chi connectivity index (χ4n) is 2.75. The molecule has 118 valence electrons. The molecule has 2 N–H and O–H groups in total. The molecule has 0 radical (unpaired) electrons. The van der Waals surface area contributed by atoms with E-state index < -0.39 is 5.92 Å². The molecule has 24 heavy (non-hydrogen) atoms. The summed E-state index contributed by atoms with van der Waals surface area (Å²) in [5.74, 6) is -0.499. The SMILES string of the molecule is CC(=O)C1=NN(c2ccccc2)C(N)=C(C#N)[C@@H]1c1ccccc1. The predicted molar refractivity (Wildman–Crippen MR) is 93.0 cm³/mol. The van der Waals surface area contributed by atoms with Gasteiger partial charge in [0.05, 0.1) is 23.2 Å². The Morgan fingerprint density at radius 3 is 2.25 bits per heavy atom. The summed E-state index contributed by atoms with van der Waals surface area (Å²) in [6, 6.07) is 20.7. The van der Waals surface area contributed by atoms with Crippen LogP contribution in [0.15, 0.2) is 77.2 Å². The molecule has 1 aliphatic heterocycles. The van der Waals surface area contributed by atoms with Crippen molar-refractivity contribution in [1.29, 1.82) is 5.26 Å². The molecule has 5 heteroatoms. The average Bonchev–Trinajstić information content (AvgIpc) is 2.62. The van der Waals surface area contributed by atoms with Gasteiger partial charge in [-0.25, -0.2) is 5.01 Å². The monoisotopic (exact) mass is 316 g/mol. The molecule has 3 rings (SSSR count). The number of benzene rings is 2. The van der Waals surface area contributed by atoms with E-state index in [4.69, 9.17) is 5.73 Å². The molecule has 1 heterocycles. The quantitative estimate of drug-likeness (QED) is 0.943. The third kappa shape index (κ3) is 2.66. The summed E-state index contributed by atoms with van der Waals surface area (Å²) in [5.41, 5.74) is 8.37. The summed E-state index contributed by atoms with van der Waals surface area (Å²) in [5, 5.41) is 15.6. The summed E-state index contributed by atoms with van der Waals surface area (Å²) in [6.07, 6.45) is 0. The number of nitrogens with zero attached hydrogens (tertiary/aromatic N) is 3. The van der Waals surface area contributed by atoms with Crippen LogP contribution in [-0.4, -0.2) is 11.5 Å². The lowest BCUT2D eigenvalue weighted by molar-refractivity contribution is -0.111. The Labute approximate surface area is 140 Å². The number of carbonyl (C=O) groups excluding carboxylic acids is 1. The largest absolute Gasteiger partial charge is 0.383 e. The maximum Gasteiger partial charge on any atom is 0.176 e. The highest BCUT2D eigenvalue weighted by Gasteiger charge is 2.34. The average molecular weight is 316 g/mol. The van der Waals surface area contributed by atoms with Crippen molar-refractivity contribution in [2.45, 2.75) is 12.8 Å². The van der Waals surface area contributed by atoms with Crippen LogP contribution in [0.1, 0.15) is 18.4 Å². The van der Waals surface area contributed by atoms with Crippen LogP contribution in [0, 0.1) is 11.3 Å². The third-order valence-electron chi connectivity index (χ3n) is 3.89. The molecule has 0 fully saturated rings. The van der Waals surface area contributed by atoms with Crippen LogP contribution in [-0.2, 0) is 4.79 Å². The molecule has 0 saturated heterocycles. The van der Waals surface area contributed by atoms with E-state index in [2.05, 4.69) is 11.2 Å². The van der Waals surface area contributed by atoms with Gasteiger partial charge in [-0.05, 0) is 17.7 Å². The van der Waals surface area contributed by atoms with Crippen LogP contribution in [0.4, 0.5) is 5.69 Å². The van der Waals surface area contributed by atoms with E-state index >= 15 is 0 Å². The van der Waals surface area contributed by atoms with Crippen LogP contribution >= 0.6 is 0 Å². The Balaban J connectivity index is 2.19. The lowest BCUT2D eigenvalue weighted by Gasteiger charge is -2.30. The first kappa shape index (κ1) is 15.5. The van der Waals surface area contributed by atoms with E-state index in [0.29, 0.717) is 17.0 Å². The van der Waals surface area contributed by atoms with Gasteiger partial charge in [-0.3, -0.25) is 4.79 Å². The Morgan fingerprint density at radius 2 is 1.71 bits per heavy atom. The first-order valence-electron chi connectivity index (χ1n) is 7.52. The Bertz CT molecular complexity index is 863. The van der Waals surface area contributed by atoms with Gasteiger partial charge in [-0.15, -0.1) is 0 Å². The van der Waals surface area contributed by atoms with Gasteiger partial charge in [-0.1, -0.05) is 48.5 Å². The van der Waals surface area contributed by atoms with Gasteiger partial charge in [0.2, 0.25) is 0 Å². The van der Waals surface area contributed by atoms with Crippen molar-refractivity contribution in [1.82, 2.24) is 0 Å². The Hall–Kier alpha value is -3.39. The lowest BCUT2D eigenvalue weighted by atomic mass is 9.85. The van der Waals surface area contributed by atoms with Crippen molar-refractivity contribution in [2.24, 2.45) is 10.8 Å². The summed E-state index contributed by atoms with van der Waals surface area (Å²) in [4.78, 5) is 12.2. The number of carbonyl (C=O) groups is 1. The summed E-state index contributed by atoms with van der Waals surface area (Å²) >= 11 is 0. The summed E-state index contributed by atoms with van der Waals surface area (Å²) in [6.45, 7) is 1.45. The molecule has 0 aliphatic carbocycles. The van der Waals surface area contributed by atoms with E-state index in [1.54, 1.807) is 0 Å². The zero-order chi connectivity index (χ0) is 17.1. The number of hydrogen-bond donors (Lipinski definition) is 1. The number of ketones is 1. The third-order valence-corrected chi connectivity index (χ3v) is 3.89. The van der Waals surface area contributed by atoms with Gasteiger partial charge in [0.25, 0.3) is 0 Å². The number of para-hydroxylation sites is 1. The molecule has 0 amide bonds. The number of nitrogens with two attached hydrogens (primary N) is 1. The van der Waals surface area contributed by atoms with Gasteiger partial charge < -0.3 is 5.73 Å². The molecule has 2 aromatic rings.